The Kier molecular flexibility index (Phi) is 6.11. The van der Waals surface area contributed by atoms with Crippen molar-refractivity contribution in [3.05, 3.63) is 35.4 Å². The molecule has 2 N–H and O–H groups in total. The molecule has 2 aliphatic heterocycles. The normalized spacial score (nSPS) is 21.8. The number of carbonyl (C=O) groups is 2. The predicted molar refractivity (Wildman–Crippen MR) is 111 cm³/mol. The number of cyclic esters (lactones) is 1. The van der Waals surface area contributed by atoms with Crippen molar-refractivity contribution in [1.29, 1.82) is 0 Å². The lowest BCUT2D eigenvalue weighted by atomic mass is 9.94. The summed E-state index contributed by atoms with van der Waals surface area (Å²) in [5.41, 5.74) is -0.294. The van der Waals surface area contributed by atoms with Crippen LogP contribution >= 0.6 is 0 Å². The van der Waals surface area contributed by atoms with Gasteiger partial charge in [-0.2, -0.15) is 0 Å². The van der Waals surface area contributed by atoms with Crippen molar-refractivity contribution in [1.82, 2.24) is 9.80 Å². The van der Waals surface area contributed by atoms with E-state index in [1.54, 1.807) is 23.6 Å². The highest BCUT2D eigenvalue weighted by Gasteiger charge is 2.41. The lowest BCUT2D eigenvalue weighted by Gasteiger charge is -2.42. The van der Waals surface area contributed by atoms with Gasteiger partial charge in [-0.25, -0.2) is 4.79 Å². The number of amides is 2. The van der Waals surface area contributed by atoms with Crippen LogP contribution in [0.1, 0.15) is 57.7 Å². The number of aliphatic hydroxyl groups is 2. The first-order chi connectivity index (χ1) is 14.0. The minimum atomic E-state index is -1.14. The Morgan fingerprint density at radius 3 is 2.50 bits per heavy atom. The molecule has 2 atom stereocenters. The largest absolute Gasteiger partial charge is 0.446 e. The minimum Gasteiger partial charge on any atom is -0.446 e. The van der Waals surface area contributed by atoms with Gasteiger partial charge in [0.15, 0.2) is 5.60 Å². The zero-order valence-corrected chi connectivity index (χ0v) is 18.0. The summed E-state index contributed by atoms with van der Waals surface area (Å²) in [4.78, 5) is 26.9. The summed E-state index contributed by atoms with van der Waals surface area (Å²) in [5, 5.41) is 20.2. The first kappa shape index (κ1) is 22.1. The van der Waals surface area contributed by atoms with E-state index in [1.807, 2.05) is 31.2 Å². The van der Waals surface area contributed by atoms with Crippen LogP contribution in [0.3, 0.4) is 0 Å². The molecule has 0 aromatic heterocycles. The summed E-state index contributed by atoms with van der Waals surface area (Å²) in [5.74, 6) is 5.74. The molecule has 1 aromatic carbocycles. The average molecular weight is 415 g/mol. The molecular formula is C23H30N2O5. The third-order valence-electron chi connectivity index (χ3n) is 5.57. The van der Waals surface area contributed by atoms with E-state index in [9.17, 15) is 19.8 Å². The zero-order chi connectivity index (χ0) is 22.1. The SMILES string of the molecule is CC(=O)N1CC(O)(C#Cc2ccc(C(C)N3CCC(CC(C)(C)O)OC3=O)cc2)C1. The molecule has 0 radical (unpaired) electrons. The summed E-state index contributed by atoms with van der Waals surface area (Å²) in [6.07, 6.45) is 0.466. The first-order valence-corrected chi connectivity index (χ1v) is 10.3. The summed E-state index contributed by atoms with van der Waals surface area (Å²) in [7, 11) is 0. The molecule has 2 heterocycles. The predicted octanol–water partition coefficient (Wildman–Crippen LogP) is 2.06. The Morgan fingerprint density at radius 2 is 1.97 bits per heavy atom. The highest BCUT2D eigenvalue weighted by molar-refractivity contribution is 5.75. The van der Waals surface area contributed by atoms with Gasteiger partial charge < -0.3 is 24.7 Å². The van der Waals surface area contributed by atoms with Gasteiger partial charge >= 0.3 is 6.09 Å². The first-order valence-electron chi connectivity index (χ1n) is 10.3. The second-order valence-corrected chi connectivity index (χ2v) is 8.96. The van der Waals surface area contributed by atoms with Crippen molar-refractivity contribution in [2.75, 3.05) is 19.6 Å². The summed E-state index contributed by atoms with van der Waals surface area (Å²) < 4.78 is 5.51. The quantitative estimate of drug-likeness (QED) is 0.736. The van der Waals surface area contributed by atoms with Crippen LogP contribution in [0.5, 0.6) is 0 Å². The Labute approximate surface area is 177 Å². The molecule has 162 valence electrons. The summed E-state index contributed by atoms with van der Waals surface area (Å²) in [6, 6.07) is 7.39. The fourth-order valence-electron chi connectivity index (χ4n) is 3.80. The molecule has 2 unspecified atom stereocenters. The number of carbonyl (C=O) groups excluding carboxylic acids is 2. The molecule has 0 spiro atoms. The summed E-state index contributed by atoms with van der Waals surface area (Å²) in [6.45, 7) is 7.88. The van der Waals surface area contributed by atoms with E-state index in [4.69, 9.17) is 4.74 Å². The molecule has 0 saturated carbocycles. The van der Waals surface area contributed by atoms with Gasteiger partial charge in [0, 0.05) is 31.9 Å². The molecule has 0 aliphatic carbocycles. The number of hydrogen-bond donors (Lipinski definition) is 2. The zero-order valence-electron chi connectivity index (χ0n) is 18.0. The summed E-state index contributed by atoms with van der Waals surface area (Å²) >= 11 is 0. The van der Waals surface area contributed by atoms with Gasteiger partial charge in [0.05, 0.1) is 24.7 Å². The van der Waals surface area contributed by atoms with Gasteiger partial charge in [0.1, 0.15) is 6.10 Å². The van der Waals surface area contributed by atoms with Gasteiger partial charge in [-0.15, -0.1) is 0 Å². The second-order valence-electron chi connectivity index (χ2n) is 8.96. The number of rotatable bonds is 4. The van der Waals surface area contributed by atoms with Gasteiger partial charge in [-0.05, 0) is 38.5 Å². The highest BCUT2D eigenvalue weighted by Crippen LogP contribution is 2.28. The van der Waals surface area contributed by atoms with E-state index >= 15 is 0 Å². The molecule has 3 rings (SSSR count). The monoisotopic (exact) mass is 414 g/mol. The van der Waals surface area contributed by atoms with E-state index in [0.717, 1.165) is 11.1 Å². The van der Waals surface area contributed by atoms with Gasteiger partial charge in [0.2, 0.25) is 5.91 Å². The van der Waals surface area contributed by atoms with Crippen molar-refractivity contribution in [2.45, 2.75) is 63.9 Å². The van der Waals surface area contributed by atoms with Crippen LogP contribution in [0.15, 0.2) is 24.3 Å². The number of nitrogens with zero attached hydrogens (tertiary/aromatic N) is 2. The number of β-amino-alcohol motifs (C(OH)–C–C–N with tert-alkyl or cyclic N) is 1. The number of likely N-dealkylation sites (tertiary alicyclic amines) is 1. The molecule has 7 heteroatoms. The Balaban J connectivity index is 1.58. The van der Waals surface area contributed by atoms with Crippen LogP contribution in [0.2, 0.25) is 0 Å². The number of benzene rings is 1. The van der Waals surface area contributed by atoms with Crippen LogP contribution < -0.4 is 0 Å². The lowest BCUT2D eigenvalue weighted by molar-refractivity contribution is -0.144. The molecule has 7 nitrogen and oxygen atoms in total. The third kappa shape index (κ3) is 5.32. The van der Waals surface area contributed by atoms with Gasteiger partial charge in [0.25, 0.3) is 0 Å². The van der Waals surface area contributed by atoms with Crippen molar-refractivity contribution in [2.24, 2.45) is 0 Å². The standard InChI is InChI=1S/C23H30N2O5/c1-16(25-12-10-20(30-21(25)27)13-22(3,4)28)19-7-5-18(6-8-19)9-11-23(29)14-24(15-23)17(2)26/h5-8,16,20,28-29H,10,12-15H2,1-4H3. The van der Waals surface area contributed by atoms with E-state index in [0.29, 0.717) is 19.4 Å². The number of hydrogen-bond acceptors (Lipinski definition) is 5. The molecule has 2 saturated heterocycles. The fourth-order valence-corrected chi connectivity index (χ4v) is 3.80. The molecular weight excluding hydrogens is 384 g/mol. The molecule has 2 fully saturated rings. The maximum atomic E-state index is 12.4. The maximum Gasteiger partial charge on any atom is 0.410 e. The molecule has 2 aliphatic rings. The molecule has 30 heavy (non-hydrogen) atoms. The lowest BCUT2D eigenvalue weighted by Crippen LogP contribution is -2.62. The Hall–Kier alpha value is -2.56. The van der Waals surface area contributed by atoms with E-state index < -0.39 is 11.2 Å². The van der Waals surface area contributed by atoms with Crippen LogP contribution in [0.25, 0.3) is 0 Å². The van der Waals surface area contributed by atoms with Crippen LogP contribution in [0.4, 0.5) is 4.79 Å². The topological polar surface area (TPSA) is 90.3 Å². The van der Waals surface area contributed by atoms with E-state index in [2.05, 4.69) is 11.8 Å². The van der Waals surface area contributed by atoms with Crippen LogP contribution in [-0.4, -0.2) is 69.0 Å². The third-order valence-corrected chi connectivity index (χ3v) is 5.57. The van der Waals surface area contributed by atoms with Crippen molar-refractivity contribution >= 4 is 12.0 Å². The molecule has 2 amide bonds. The van der Waals surface area contributed by atoms with E-state index in [1.165, 1.54) is 6.92 Å². The number of ether oxygens (including phenoxy) is 1. The molecule has 1 aromatic rings. The Bertz CT molecular complexity index is 856. The average Bonchev–Trinajstić information content (AvgIpc) is 2.62. The maximum absolute atomic E-state index is 12.4. The second kappa shape index (κ2) is 8.29. The van der Waals surface area contributed by atoms with E-state index in [-0.39, 0.29) is 37.2 Å². The fraction of sp³-hybridized carbons (Fsp3) is 0.565. The van der Waals surface area contributed by atoms with Crippen molar-refractivity contribution in [3.63, 3.8) is 0 Å². The smallest absolute Gasteiger partial charge is 0.410 e. The van der Waals surface area contributed by atoms with Crippen LogP contribution in [0, 0.1) is 11.8 Å². The Morgan fingerprint density at radius 1 is 1.33 bits per heavy atom. The van der Waals surface area contributed by atoms with Crippen molar-refractivity contribution < 1.29 is 24.5 Å². The minimum absolute atomic E-state index is 0.0672. The molecule has 0 bridgehead atoms. The van der Waals surface area contributed by atoms with Gasteiger partial charge in [-0.1, -0.05) is 24.0 Å². The van der Waals surface area contributed by atoms with Gasteiger partial charge in [-0.3, -0.25) is 4.79 Å². The highest BCUT2D eigenvalue weighted by atomic mass is 16.6. The van der Waals surface area contributed by atoms with Crippen molar-refractivity contribution in [3.8, 4) is 11.8 Å². The van der Waals surface area contributed by atoms with Crippen LogP contribution in [-0.2, 0) is 9.53 Å².